The van der Waals surface area contributed by atoms with Crippen molar-refractivity contribution in [1.82, 2.24) is 10.0 Å². The molecule has 0 aliphatic carbocycles. The van der Waals surface area contributed by atoms with E-state index in [9.17, 15) is 18.0 Å². The van der Waals surface area contributed by atoms with Crippen molar-refractivity contribution in [1.29, 1.82) is 0 Å². The topological polar surface area (TPSA) is 114 Å². The molecule has 9 heteroatoms. The number of nitrogens with one attached hydrogen (secondary N) is 2. The van der Waals surface area contributed by atoms with Gasteiger partial charge < -0.3 is 10.1 Å². The molecule has 0 radical (unpaired) electrons. The quantitative estimate of drug-likeness (QED) is 0.731. The van der Waals surface area contributed by atoms with Crippen molar-refractivity contribution < 1.29 is 22.7 Å². The molecule has 1 heterocycles. The van der Waals surface area contributed by atoms with Gasteiger partial charge in [0, 0.05) is 12.1 Å². The van der Waals surface area contributed by atoms with Gasteiger partial charge in [0.05, 0.1) is 17.6 Å². The first-order chi connectivity index (χ1) is 13.3. The number of amides is 1. The lowest BCUT2D eigenvalue weighted by molar-refractivity contribution is -0.122. The van der Waals surface area contributed by atoms with E-state index in [-0.39, 0.29) is 23.2 Å². The monoisotopic (exact) mass is 401 g/mol. The molecule has 0 aromatic heterocycles. The van der Waals surface area contributed by atoms with Crippen molar-refractivity contribution in [3.05, 3.63) is 65.2 Å². The molecule has 2 aromatic rings. The molecular weight excluding hydrogens is 382 g/mol. The van der Waals surface area contributed by atoms with Crippen LogP contribution in [0.2, 0.25) is 0 Å². The number of rotatable bonds is 5. The van der Waals surface area contributed by atoms with E-state index in [1.807, 2.05) is 0 Å². The van der Waals surface area contributed by atoms with E-state index in [0.717, 1.165) is 5.56 Å². The molecule has 0 spiro atoms. The SMILES string of the molecule is COC(=O)c1ccc(CNC(=O)C(C)N=C2NS(=O)(=O)c3ccccc32)cc1. The van der Waals surface area contributed by atoms with Crippen LogP contribution in [0.15, 0.2) is 58.4 Å². The van der Waals surface area contributed by atoms with Crippen LogP contribution in [0.3, 0.4) is 0 Å². The minimum absolute atomic E-state index is 0.145. The highest BCUT2D eigenvalue weighted by Crippen LogP contribution is 2.22. The van der Waals surface area contributed by atoms with E-state index < -0.39 is 22.0 Å². The summed E-state index contributed by atoms with van der Waals surface area (Å²) >= 11 is 0. The van der Waals surface area contributed by atoms with Gasteiger partial charge >= 0.3 is 5.97 Å². The van der Waals surface area contributed by atoms with E-state index in [4.69, 9.17) is 0 Å². The molecule has 28 heavy (non-hydrogen) atoms. The summed E-state index contributed by atoms with van der Waals surface area (Å²) < 4.78 is 31.2. The van der Waals surface area contributed by atoms with Crippen LogP contribution in [0.5, 0.6) is 0 Å². The van der Waals surface area contributed by atoms with Crippen molar-refractivity contribution in [3.8, 4) is 0 Å². The number of ether oxygens (including phenoxy) is 1. The Labute approximate surface area is 162 Å². The lowest BCUT2D eigenvalue weighted by Gasteiger charge is -2.10. The molecule has 1 aliphatic heterocycles. The Kier molecular flexibility index (Phi) is 5.46. The number of esters is 1. The Hall–Kier alpha value is -3.20. The van der Waals surface area contributed by atoms with Crippen LogP contribution in [0.4, 0.5) is 0 Å². The van der Waals surface area contributed by atoms with E-state index in [1.165, 1.54) is 13.2 Å². The maximum atomic E-state index is 12.3. The number of carbonyl (C=O) groups excluding carboxylic acids is 2. The summed E-state index contributed by atoms with van der Waals surface area (Å²) in [5.41, 5.74) is 1.66. The van der Waals surface area contributed by atoms with Gasteiger partial charge in [-0.1, -0.05) is 24.3 Å². The largest absolute Gasteiger partial charge is 0.465 e. The van der Waals surface area contributed by atoms with Gasteiger partial charge in [-0.25, -0.2) is 13.2 Å². The number of benzene rings is 2. The summed E-state index contributed by atoms with van der Waals surface area (Å²) in [5.74, 6) is -0.631. The minimum atomic E-state index is -3.65. The Morgan fingerprint density at radius 2 is 1.82 bits per heavy atom. The third-order valence-electron chi connectivity index (χ3n) is 4.21. The standard InChI is InChI=1S/C19H19N3O5S/c1-12(21-17-15-5-3-4-6-16(15)28(25,26)22-17)18(23)20-11-13-7-9-14(10-8-13)19(24)27-2/h3-10,12H,11H2,1-2H3,(H,20,23)(H,21,22). The van der Waals surface area contributed by atoms with E-state index in [0.29, 0.717) is 11.1 Å². The highest BCUT2D eigenvalue weighted by Gasteiger charge is 2.31. The molecule has 2 aromatic carbocycles. The summed E-state index contributed by atoms with van der Waals surface area (Å²) in [4.78, 5) is 28.1. The average Bonchev–Trinajstić information content (AvgIpc) is 2.96. The molecule has 2 N–H and O–H groups in total. The summed E-state index contributed by atoms with van der Waals surface area (Å²) in [6, 6.07) is 12.3. The number of hydrogen-bond acceptors (Lipinski definition) is 6. The van der Waals surface area contributed by atoms with E-state index in [2.05, 4.69) is 19.8 Å². The van der Waals surface area contributed by atoms with E-state index in [1.54, 1.807) is 49.4 Å². The van der Waals surface area contributed by atoms with Gasteiger partial charge in [0.2, 0.25) is 5.91 Å². The molecule has 0 fully saturated rings. The number of hydrogen-bond donors (Lipinski definition) is 2. The summed E-state index contributed by atoms with van der Waals surface area (Å²) in [5, 5.41) is 2.74. The highest BCUT2D eigenvalue weighted by molar-refractivity contribution is 7.90. The minimum Gasteiger partial charge on any atom is -0.465 e. The number of fused-ring (bicyclic) bond motifs is 1. The maximum absolute atomic E-state index is 12.3. The molecule has 0 bridgehead atoms. The lowest BCUT2D eigenvalue weighted by atomic mass is 10.1. The normalized spacial score (nSPS) is 16.7. The fourth-order valence-electron chi connectivity index (χ4n) is 2.70. The second-order valence-corrected chi connectivity index (χ2v) is 7.81. The van der Waals surface area contributed by atoms with Crippen LogP contribution in [0.1, 0.15) is 28.4 Å². The highest BCUT2D eigenvalue weighted by atomic mass is 32.2. The third-order valence-corrected chi connectivity index (χ3v) is 5.60. The zero-order chi connectivity index (χ0) is 20.3. The molecule has 8 nitrogen and oxygen atoms in total. The van der Waals surface area contributed by atoms with Crippen LogP contribution in [-0.2, 0) is 26.1 Å². The van der Waals surface area contributed by atoms with Gasteiger partial charge in [-0.15, -0.1) is 0 Å². The Morgan fingerprint density at radius 1 is 1.14 bits per heavy atom. The molecule has 1 aliphatic rings. The van der Waals surface area contributed by atoms with Crippen LogP contribution >= 0.6 is 0 Å². The third kappa shape index (κ3) is 4.04. The number of amidine groups is 1. The Balaban J connectivity index is 1.66. The Bertz CT molecular complexity index is 1050. The molecule has 1 atom stereocenters. The zero-order valence-electron chi connectivity index (χ0n) is 15.3. The number of aliphatic imine (C=N–C) groups is 1. The molecule has 0 saturated carbocycles. The summed E-state index contributed by atoms with van der Waals surface area (Å²) in [7, 11) is -2.34. The van der Waals surface area contributed by atoms with Crippen molar-refractivity contribution in [2.24, 2.45) is 4.99 Å². The number of carbonyl (C=O) groups is 2. The first kappa shape index (κ1) is 19.6. The Morgan fingerprint density at radius 3 is 2.50 bits per heavy atom. The van der Waals surface area contributed by atoms with Gasteiger partial charge in [-0.3, -0.25) is 14.5 Å². The molecule has 1 amide bonds. The van der Waals surface area contributed by atoms with Gasteiger partial charge in [-0.05, 0) is 36.8 Å². The van der Waals surface area contributed by atoms with E-state index >= 15 is 0 Å². The first-order valence-corrected chi connectivity index (χ1v) is 9.95. The maximum Gasteiger partial charge on any atom is 0.337 e. The summed E-state index contributed by atoms with van der Waals surface area (Å²) in [6.07, 6.45) is 0. The number of nitrogens with zero attached hydrogens (tertiary/aromatic N) is 1. The summed E-state index contributed by atoms with van der Waals surface area (Å²) in [6.45, 7) is 1.83. The van der Waals surface area contributed by atoms with Gasteiger partial charge in [0.1, 0.15) is 11.9 Å². The predicted octanol–water partition coefficient (Wildman–Crippen LogP) is 1.22. The van der Waals surface area contributed by atoms with Crippen molar-refractivity contribution in [3.63, 3.8) is 0 Å². The molecule has 3 rings (SSSR count). The molecule has 146 valence electrons. The molecular formula is C19H19N3O5S. The van der Waals surface area contributed by atoms with Crippen LogP contribution in [0.25, 0.3) is 0 Å². The van der Waals surface area contributed by atoms with Gasteiger partial charge in [0.25, 0.3) is 10.0 Å². The van der Waals surface area contributed by atoms with Crippen LogP contribution in [-0.4, -0.2) is 39.3 Å². The molecule has 0 saturated heterocycles. The molecule has 1 unspecified atom stereocenters. The van der Waals surface area contributed by atoms with Crippen molar-refractivity contribution >= 4 is 27.7 Å². The second-order valence-electron chi connectivity index (χ2n) is 6.16. The van der Waals surface area contributed by atoms with Crippen molar-refractivity contribution in [2.75, 3.05) is 7.11 Å². The lowest BCUT2D eigenvalue weighted by Crippen LogP contribution is -2.33. The fourth-order valence-corrected chi connectivity index (χ4v) is 3.93. The number of sulfonamides is 1. The van der Waals surface area contributed by atoms with Gasteiger partial charge in [0.15, 0.2) is 0 Å². The van der Waals surface area contributed by atoms with Crippen LogP contribution < -0.4 is 10.0 Å². The zero-order valence-corrected chi connectivity index (χ0v) is 16.1. The van der Waals surface area contributed by atoms with Crippen molar-refractivity contribution in [2.45, 2.75) is 24.4 Å². The van der Waals surface area contributed by atoms with Gasteiger partial charge in [-0.2, -0.15) is 0 Å². The second kappa shape index (κ2) is 7.81. The van der Waals surface area contributed by atoms with Crippen LogP contribution in [0, 0.1) is 0 Å². The smallest absolute Gasteiger partial charge is 0.337 e. The average molecular weight is 401 g/mol. The first-order valence-electron chi connectivity index (χ1n) is 8.47. The number of methoxy groups -OCH3 is 1. The fraction of sp³-hybridized carbons (Fsp3) is 0.211. The predicted molar refractivity (Wildman–Crippen MR) is 102 cm³/mol.